The molecule has 0 bridgehead atoms. The second-order valence-electron chi connectivity index (χ2n) is 5.00. The van der Waals surface area contributed by atoms with Crippen molar-refractivity contribution in [2.45, 2.75) is 46.2 Å². The van der Waals surface area contributed by atoms with E-state index in [9.17, 15) is 4.79 Å². The van der Waals surface area contributed by atoms with Gasteiger partial charge < -0.3 is 9.84 Å². The monoisotopic (exact) mass is 276 g/mol. The third kappa shape index (κ3) is 3.69. The molecule has 0 saturated heterocycles. The number of nitrogens with one attached hydrogen (secondary N) is 1. The molecule has 6 heteroatoms. The molecule has 0 aromatic carbocycles. The van der Waals surface area contributed by atoms with Crippen molar-refractivity contribution in [2.24, 2.45) is 0 Å². The molecule has 20 heavy (non-hydrogen) atoms. The van der Waals surface area contributed by atoms with Crippen molar-refractivity contribution in [2.75, 3.05) is 0 Å². The van der Waals surface area contributed by atoms with Gasteiger partial charge in [0, 0.05) is 30.4 Å². The Kier molecular flexibility index (Phi) is 4.55. The highest BCUT2D eigenvalue weighted by Gasteiger charge is 2.12. The van der Waals surface area contributed by atoms with Crippen LogP contribution in [0.5, 0.6) is 0 Å². The predicted molar refractivity (Wildman–Crippen MR) is 74.1 cm³/mol. The summed E-state index contributed by atoms with van der Waals surface area (Å²) in [6.45, 7) is 6.40. The molecule has 0 aliphatic carbocycles. The van der Waals surface area contributed by atoms with Gasteiger partial charge in [-0.15, -0.1) is 0 Å². The van der Waals surface area contributed by atoms with Gasteiger partial charge in [-0.1, -0.05) is 5.16 Å². The lowest BCUT2D eigenvalue weighted by Gasteiger charge is -2.13. The maximum absolute atomic E-state index is 11.9. The zero-order valence-corrected chi connectivity index (χ0v) is 12.1. The molecule has 2 heterocycles. The van der Waals surface area contributed by atoms with E-state index in [1.807, 2.05) is 33.0 Å². The van der Waals surface area contributed by atoms with Crippen LogP contribution in [-0.2, 0) is 17.8 Å². The van der Waals surface area contributed by atoms with Gasteiger partial charge in [-0.25, -0.2) is 0 Å². The van der Waals surface area contributed by atoms with Crippen LogP contribution in [0.3, 0.4) is 0 Å². The molecule has 6 nitrogen and oxygen atoms in total. The first kappa shape index (κ1) is 14.3. The van der Waals surface area contributed by atoms with E-state index < -0.39 is 0 Å². The Balaban J connectivity index is 1.78. The number of nitrogens with zero attached hydrogens (tertiary/aromatic N) is 3. The molecule has 1 amide bonds. The summed E-state index contributed by atoms with van der Waals surface area (Å²) < 4.78 is 6.89. The molecule has 0 aliphatic rings. The molecular formula is C14H20N4O2. The van der Waals surface area contributed by atoms with Crippen molar-refractivity contribution in [1.82, 2.24) is 20.3 Å². The zero-order chi connectivity index (χ0) is 14.5. The highest BCUT2D eigenvalue weighted by atomic mass is 16.5. The smallest absolute Gasteiger partial charge is 0.220 e. The normalized spacial score (nSPS) is 12.3. The largest absolute Gasteiger partial charge is 0.361 e. The van der Waals surface area contributed by atoms with Gasteiger partial charge in [-0.2, -0.15) is 5.10 Å². The van der Waals surface area contributed by atoms with E-state index in [-0.39, 0.29) is 11.9 Å². The van der Waals surface area contributed by atoms with Crippen molar-refractivity contribution in [3.8, 4) is 0 Å². The maximum atomic E-state index is 11.9. The number of rotatable bonds is 6. The Hall–Kier alpha value is -2.11. The summed E-state index contributed by atoms with van der Waals surface area (Å²) in [5.74, 6) is 0.824. The number of carbonyl (C=O) groups is 1. The Labute approximate surface area is 118 Å². The van der Waals surface area contributed by atoms with Crippen LogP contribution in [0.15, 0.2) is 23.0 Å². The first-order chi connectivity index (χ1) is 9.56. The van der Waals surface area contributed by atoms with Crippen molar-refractivity contribution >= 4 is 5.91 Å². The van der Waals surface area contributed by atoms with Crippen LogP contribution in [0.1, 0.15) is 30.4 Å². The van der Waals surface area contributed by atoms with E-state index in [0.717, 1.165) is 17.0 Å². The average Bonchev–Trinajstić information content (AvgIpc) is 2.98. The summed E-state index contributed by atoms with van der Waals surface area (Å²) >= 11 is 0. The summed E-state index contributed by atoms with van der Waals surface area (Å²) in [7, 11) is 0. The molecule has 0 spiro atoms. The van der Waals surface area contributed by atoms with Crippen LogP contribution >= 0.6 is 0 Å². The van der Waals surface area contributed by atoms with Crippen LogP contribution in [0.2, 0.25) is 0 Å². The van der Waals surface area contributed by atoms with Gasteiger partial charge in [0.05, 0.1) is 12.2 Å². The second kappa shape index (κ2) is 6.36. The second-order valence-corrected chi connectivity index (χ2v) is 5.00. The molecule has 0 saturated carbocycles. The number of aromatic nitrogens is 3. The Morgan fingerprint density at radius 2 is 2.30 bits per heavy atom. The summed E-state index contributed by atoms with van der Waals surface area (Å²) in [4.78, 5) is 11.9. The summed E-state index contributed by atoms with van der Waals surface area (Å²) in [6, 6.07) is 1.92. The highest BCUT2D eigenvalue weighted by Crippen LogP contribution is 2.14. The fraction of sp³-hybridized carbons (Fsp3) is 0.500. The van der Waals surface area contributed by atoms with Gasteiger partial charge in [0.2, 0.25) is 5.91 Å². The van der Waals surface area contributed by atoms with Crippen LogP contribution in [-0.4, -0.2) is 26.9 Å². The number of hydrogen-bond acceptors (Lipinski definition) is 4. The SMILES string of the molecule is Cc1noc(C)c1CCC(=O)N[C@H](C)Cn1cccn1. The van der Waals surface area contributed by atoms with Gasteiger partial charge in [0.1, 0.15) is 5.76 Å². The van der Waals surface area contributed by atoms with Crippen molar-refractivity contribution in [3.63, 3.8) is 0 Å². The van der Waals surface area contributed by atoms with E-state index in [0.29, 0.717) is 19.4 Å². The van der Waals surface area contributed by atoms with Crippen LogP contribution in [0, 0.1) is 13.8 Å². The average molecular weight is 276 g/mol. The Morgan fingerprint density at radius 3 is 2.90 bits per heavy atom. The fourth-order valence-electron chi connectivity index (χ4n) is 2.18. The number of amides is 1. The number of carbonyl (C=O) groups excluding carboxylic acids is 1. The highest BCUT2D eigenvalue weighted by molar-refractivity contribution is 5.76. The fourth-order valence-corrected chi connectivity index (χ4v) is 2.18. The summed E-state index contributed by atoms with van der Waals surface area (Å²) in [5.41, 5.74) is 1.89. The Morgan fingerprint density at radius 1 is 1.50 bits per heavy atom. The van der Waals surface area contributed by atoms with Gasteiger partial charge in [-0.3, -0.25) is 9.48 Å². The first-order valence-electron chi connectivity index (χ1n) is 6.75. The van der Waals surface area contributed by atoms with Gasteiger partial charge in [-0.05, 0) is 33.3 Å². The molecule has 0 unspecified atom stereocenters. The maximum Gasteiger partial charge on any atom is 0.220 e. The predicted octanol–water partition coefficient (Wildman–Crippen LogP) is 1.63. The lowest BCUT2D eigenvalue weighted by atomic mass is 10.1. The molecule has 108 valence electrons. The number of hydrogen-bond donors (Lipinski definition) is 1. The number of aryl methyl sites for hydroxylation is 2. The standard InChI is InChI=1S/C14H20N4O2/c1-10(9-18-8-4-7-15-18)16-14(19)6-5-13-11(2)17-20-12(13)3/h4,7-8,10H,5-6,9H2,1-3H3,(H,16,19)/t10-/m1/s1. The van der Waals surface area contributed by atoms with Crippen LogP contribution in [0.25, 0.3) is 0 Å². The van der Waals surface area contributed by atoms with E-state index >= 15 is 0 Å². The minimum absolute atomic E-state index is 0.0321. The zero-order valence-electron chi connectivity index (χ0n) is 12.1. The van der Waals surface area contributed by atoms with Crippen molar-refractivity contribution < 1.29 is 9.32 Å². The molecule has 1 atom stereocenters. The molecular weight excluding hydrogens is 256 g/mol. The summed E-state index contributed by atoms with van der Waals surface area (Å²) in [5, 5.41) is 11.0. The van der Waals surface area contributed by atoms with Crippen LogP contribution in [0.4, 0.5) is 0 Å². The van der Waals surface area contributed by atoms with Crippen molar-refractivity contribution in [3.05, 3.63) is 35.5 Å². The minimum atomic E-state index is 0.0321. The molecule has 2 aromatic rings. The summed E-state index contributed by atoms with van der Waals surface area (Å²) in [6.07, 6.45) is 4.70. The van der Waals surface area contributed by atoms with E-state index in [2.05, 4.69) is 15.6 Å². The van der Waals surface area contributed by atoms with Gasteiger partial charge in [0.15, 0.2) is 0 Å². The first-order valence-corrected chi connectivity index (χ1v) is 6.75. The molecule has 0 radical (unpaired) electrons. The molecule has 0 fully saturated rings. The van der Waals surface area contributed by atoms with Gasteiger partial charge >= 0.3 is 0 Å². The Bertz CT molecular complexity index is 540. The third-order valence-electron chi connectivity index (χ3n) is 3.21. The molecule has 0 aliphatic heterocycles. The minimum Gasteiger partial charge on any atom is -0.361 e. The van der Waals surface area contributed by atoms with Crippen LogP contribution < -0.4 is 5.32 Å². The quantitative estimate of drug-likeness (QED) is 0.870. The van der Waals surface area contributed by atoms with E-state index in [4.69, 9.17) is 4.52 Å². The van der Waals surface area contributed by atoms with Crippen molar-refractivity contribution in [1.29, 1.82) is 0 Å². The topological polar surface area (TPSA) is 73.0 Å². The molecule has 2 aromatic heterocycles. The van der Waals surface area contributed by atoms with E-state index in [1.54, 1.807) is 10.9 Å². The van der Waals surface area contributed by atoms with E-state index in [1.165, 1.54) is 0 Å². The third-order valence-corrected chi connectivity index (χ3v) is 3.21. The lowest BCUT2D eigenvalue weighted by molar-refractivity contribution is -0.121. The lowest BCUT2D eigenvalue weighted by Crippen LogP contribution is -2.35. The molecule has 2 rings (SSSR count). The van der Waals surface area contributed by atoms with Gasteiger partial charge in [0.25, 0.3) is 0 Å². The molecule has 1 N–H and O–H groups in total.